The van der Waals surface area contributed by atoms with E-state index in [0.29, 0.717) is 16.8 Å². The van der Waals surface area contributed by atoms with E-state index in [9.17, 15) is 22.0 Å². The topological polar surface area (TPSA) is 121 Å². The summed E-state index contributed by atoms with van der Waals surface area (Å²) < 4.78 is 72.6. The standard InChI is InChI=1S/C23H20F2N4O6S/c1-33-8-9-35-19-12-26-20-7-6-14(13-29(20)23(19)30)15-10-18(22(34-2)27-11-15)28-36(31,32)21-16(24)4-3-5-17(21)25/h3-7,10-13,28H,8-9H2,1-2H3. The summed E-state index contributed by atoms with van der Waals surface area (Å²) in [7, 11) is -1.91. The Morgan fingerprint density at radius 2 is 1.75 bits per heavy atom. The third-order valence-corrected chi connectivity index (χ3v) is 6.44. The maximum Gasteiger partial charge on any atom is 0.300 e. The van der Waals surface area contributed by atoms with Gasteiger partial charge in [0.1, 0.15) is 29.6 Å². The molecule has 0 aliphatic rings. The number of hydrogen-bond acceptors (Lipinski definition) is 8. The molecule has 0 amide bonds. The SMILES string of the molecule is COCCOc1cnc2ccc(-c3cnc(OC)c(NS(=O)(=O)c4c(F)cccc4F)c3)cn2c1=O. The second kappa shape index (κ2) is 10.3. The van der Waals surface area contributed by atoms with Gasteiger partial charge < -0.3 is 14.2 Å². The van der Waals surface area contributed by atoms with Crippen molar-refractivity contribution < 1.29 is 31.4 Å². The lowest BCUT2D eigenvalue weighted by Crippen LogP contribution is -2.19. The van der Waals surface area contributed by atoms with Crippen molar-refractivity contribution in [3.63, 3.8) is 0 Å². The van der Waals surface area contributed by atoms with E-state index in [1.807, 2.05) is 0 Å². The molecule has 1 N–H and O–H groups in total. The molecular weight excluding hydrogens is 498 g/mol. The Morgan fingerprint density at radius 1 is 1.00 bits per heavy atom. The number of rotatable bonds is 9. The van der Waals surface area contributed by atoms with Crippen LogP contribution in [0.5, 0.6) is 11.6 Å². The van der Waals surface area contributed by atoms with Gasteiger partial charge in [0.15, 0.2) is 4.90 Å². The first-order chi connectivity index (χ1) is 17.2. The van der Waals surface area contributed by atoms with Crippen molar-refractivity contribution >= 4 is 21.4 Å². The number of nitrogens with zero attached hydrogens (tertiary/aromatic N) is 3. The monoisotopic (exact) mass is 518 g/mol. The molecule has 13 heteroatoms. The zero-order valence-electron chi connectivity index (χ0n) is 19.1. The van der Waals surface area contributed by atoms with Crippen LogP contribution in [0, 0.1) is 11.6 Å². The molecule has 0 aliphatic heterocycles. The van der Waals surface area contributed by atoms with Crippen LogP contribution in [0.25, 0.3) is 16.8 Å². The minimum absolute atomic E-state index is 0.0231. The summed E-state index contributed by atoms with van der Waals surface area (Å²) in [5.74, 6) is -2.62. The molecule has 0 bridgehead atoms. The molecule has 0 saturated heterocycles. The summed E-state index contributed by atoms with van der Waals surface area (Å²) in [5, 5.41) is 0. The number of pyridine rings is 2. The number of hydrogen-bond donors (Lipinski definition) is 1. The molecule has 1 aromatic carbocycles. The van der Waals surface area contributed by atoms with Crippen LogP contribution in [0.2, 0.25) is 0 Å². The number of anilines is 1. The van der Waals surface area contributed by atoms with Crippen LogP contribution >= 0.6 is 0 Å². The van der Waals surface area contributed by atoms with Crippen LogP contribution < -0.4 is 19.8 Å². The van der Waals surface area contributed by atoms with Gasteiger partial charge >= 0.3 is 0 Å². The number of fused-ring (bicyclic) bond motifs is 1. The lowest BCUT2D eigenvalue weighted by atomic mass is 10.1. The Morgan fingerprint density at radius 3 is 2.44 bits per heavy atom. The normalized spacial score (nSPS) is 11.4. The molecule has 0 fully saturated rings. The first-order valence-corrected chi connectivity index (χ1v) is 11.9. The van der Waals surface area contributed by atoms with Crippen molar-refractivity contribution in [3.05, 3.63) is 77.0 Å². The van der Waals surface area contributed by atoms with Crippen LogP contribution in [0.3, 0.4) is 0 Å². The molecule has 0 aliphatic carbocycles. The second-order valence-electron chi connectivity index (χ2n) is 7.35. The van der Waals surface area contributed by atoms with Crippen LogP contribution in [0.15, 0.2) is 64.7 Å². The number of sulfonamides is 1. The lowest BCUT2D eigenvalue weighted by Gasteiger charge is -2.14. The van der Waals surface area contributed by atoms with E-state index in [1.54, 1.807) is 12.1 Å². The summed E-state index contributed by atoms with van der Waals surface area (Å²) >= 11 is 0. The first kappa shape index (κ1) is 25.0. The maximum absolute atomic E-state index is 14.1. The summed E-state index contributed by atoms with van der Waals surface area (Å²) in [4.78, 5) is 20.0. The van der Waals surface area contributed by atoms with Gasteiger partial charge in [-0.05, 0) is 30.3 Å². The average molecular weight is 518 g/mol. The predicted octanol–water partition coefficient (Wildman–Crippen LogP) is 2.87. The molecule has 0 atom stereocenters. The van der Waals surface area contributed by atoms with Gasteiger partial charge in [0.05, 0.1) is 19.9 Å². The lowest BCUT2D eigenvalue weighted by molar-refractivity contribution is 0.145. The number of benzene rings is 1. The fraction of sp³-hybridized carbons (Fsp3) is 0.174. The molecule has 0 radical (unpaired) electrons. The largest absolute Gasteiger partial charge is 0.484 e. The van der Waals surface area contributed by atoms with Crippen molar-refractivity contribution in [2.24, 2.45) is 0 Å². The van der Waals surface area contributed by atoms with Gasteiger partial charge in [0.25, 0.3) is 15.6 Å². The van der Waals surface area contributed by atoms with Crippen LogP contribution in [-0.4, -0.2) is 50.2 Å². The predicted molar refractivity (Wildman–Crippen MR) is 126 cm³/mol. The van der Waals surface area contributed by atoms with Crippen molar-refractivity contribution in [1.29, 1.82) is 0 Å². The number of halogens is 2. The highest BCUT2D eigenvalue weighted by Gasteiger charge is 2.25. The highest BCUT2D eigenvalue weighted by molar-refractivity contribution is 7.92. The van der Waals surface area contributed by atoms with Gasteiger partial charge in [-0.3, -0.25) is 13.9 Å². The number of aromatic nitrogens is 3. The van der Waals surface area contributed by atoms with E-state index < -0.39 is 32.1 Å². The van der Waals surface area contributed by atoms with E-state index in [0.717, 1.165) is 18.2 Å². The third kappa shape index (κ3) is 4.97. The maximum atomic E-state index is 14.1. The minimum atomic E-state index is -4.68. The van der Waals surface area contributed by atoms with E-state index in [-0.39, 0.29) is 30.5 Å². The summed E-state index contributed by atoms with van der Waals surface area (Å²) in [6, 6.07) is 7.30. The van der Waals surface area contributed by atoms with Crippen molar-refractivity contribution in [3.8, 4) is 22.8 Å². The molecule has 36 heavy (non-hydrogen) atoms. The molecule has 0 saturated carbocycles. The highest BCUT2D eigenvalue weighted by atomic mass is 32.2. The molecule has 10 nitrogen and oxygen atoms in total. The Hall–Kier alpha value is -4.10. The highest BCUT2D eigenvalue weighted by Crippen LogP contribution is 2.31. The third-order valence-electron chi connectivity index (χ3n) is 5.03. The molecule has 0 spiro atoms. The summed E-state index contributed by atoms with van der Waals surface area (Å²) in [6.45, 7) is 0.447. The molecule has 3 aromatic heterocycles. The van der Waals surface area contributed by atoms with E-state index in [2.05, 4.69) is 14.7 Å². The Bertz CT molecular complexity index is 1570. The van der Waals surface area contributed by atoms with E-state index in [1.165, 1.54) is 43.3 Å². The molecule has 0 unspecified atom stereocenters. The van der Waals surface area contributed by atoms with E-state index >= 15 is 0 Å². The fourth-order valence-corrected chi connectivity index (χ4v) is 4.53. The molecule has 188 valence electrons. The second-order valence-corrected chi connectivity index (χ2v) is 8.97. The van der Waals surface area contributed by atoms with Crippen LogP contribution in [-0.2, 0) is 14.8 Å². The van der Waals surface area contributed by atoms with Gasteiger partial charge in [-0.25, -0.2) is 27.2 Å². The van der Waals surface area contributed by atoms with Crippen molar-refractivity contribution in [2.75, 3.05) is 32.2 Å². The summed E-state index contributed by atoms with van der Waals surface area (Å²) in [5.41, 5.74) is 0.561. The van der Waals surface area contributed by atoms with Gasteiger partial charge in [-0.15, -0.1) is 0 Å². The molecule has 4 rings (SSSR count). The van der Waals surface area contributed by atoms with Gasteiger partial charge in [-0.1, -0.05) is 6.07 Å². The van der Waals surface area contributed by atoms with Gasteiger partial charge in [0, 0.05) is 30.6 Å². The smallest absolute Gasteiger partial charge is 0.300 e. The molecule has 4 aromatic rings. The van der Waals surface area contributed by atoms with Gasteiger partial charge in [0.2, 0.25) is 11.6 Å². The molecule has 3 heterocycles. The van der Waals surface area contributed by atoms with E-state index in [4.69, 9.17) is 14.2 Å². The average Bonchev–Trinajstić information content (AvgIpc) is 2.85. The number of ether oxygens (including phenoxy) is 3. The van der Waals surface area contributed by atoms with Crippen LogP contribution in [0.1, 0.15) is 0 Å². The first-order valence-electron chi connectivity index (χ1n) is 10.4. The zero-order valence-corrected chi connectivity index (χ0v) is 19.9. The zero-order chi connectivity index (χ0) is 25.9. The quantitative estimate of drug-likeness (QED) is 0.336. The number of methoxy groups -OCH3 is 2. The molecular formula is C23H20F2N4O6S. The van der Waals surface area contributed by atoms with Crippen LogP contribution in [0.4, 0.5) is 14.5 Å². The van der Waals surface area contributed by atoms with Gasteiger partial charge in [-0.2, -0.15) is 0 Å². The minimum Gasteiger partial charge on any atom is -0.484 e. The van der Waals surface area contributed by atoms with Crippen molar-refractivity contribution in [2.45, 2.75) is 4.90 Å². The Labute approximate surface area is 204 Å². The van der Waals surface area contributed by atoms with Crippen molar-refractivity contribution in [1.82, 2.24) is 14.4 Å². The number of nitrogens with one attached hydrogen (secondary N) is 1. The fourth-order valence-electron chi connectivity index (χ4n) is 3.35. The Balaban J connectivity index is 1.74. The Kier molecular flexibility index (Phi) is 7.12. The summed E-state index contributed by atoms with van der Waals surface area (Å²) in [6.07, 6.45) is 4.18.